The lowest BCUT2D eigenvalue weighted by Gasteiger charge is -1.98. The van der Waals surface area contributed by atoms with Crippen LogP contribution in [0.15, 0.2) is 17.2 Å². The Labute approximate surface area is 78.0 Å². The third-order valence-corrected chi connectivity index (χ3v) is 1.70. The summed E-state index contributed by atoms with van der Waals surface area (Å²) in [4.78, 5) is 25.6. The van der Waals surface area contributed by atoms with Gasteiger partial charge in [-0.3, -0.25) is 15.0 Å². The minimum absolute atomic E-state index is 0.279. The first-order chi connectivity index (χ1) is 6.72. The smallest absolute Gasteiger partial charge is 0.275 e. The van der Waals surface area contributed by atoms with Crippen LogP contribution in [0.1, 0.15) is 5.69 Å². The summed E-state index contributed by atoms with van der Waals surface area (Å²) in [7, 11) is 0. The highest BCUT2D eigenvalue weighted by molar-refractivity contribution is 5.58. The van der Waals surface area contributed by atoms with Crippen molar-refractivity contribution in [2.45, 2.75) is 6.92 Å². The molecule has 0 saturated carbocycles. The lowest BCUT2D eigenvalue weighted by atomic mass is 10.5. The van der Waals surface area contributed by atoms with Crippen molar-refractivity contribution in [3.8, 4) is 0 Å². The predicted octanol–water partition coefficient (Wildman–Crippen LogP) is -1.10. The number of hydrogen-bond acceptors (Lipinski definition) is 4. The van der Waals surface area contributed by atoms with Gasteiger partial charge in [-0.25, -0.2) is 9.66 Å². The molecule has 14 heavy (non-hydrogen) atoms. The van der Waals surface area contributed by atoms with Crippen molar-refractivity contribution in [3.05, 3.63) is 28.4 Å². The molecule has 2 heterocycles. The standard InChI is InChI=1S/C7H7N5O2/c1-5-2-6(14)12-7(10-5)11(3-8-12)9-4-13/h2-4H,1H3,(H,9,13). The molecule has 0 spiro atoms. The van der Waals surface area contributed by atoms with Gasteiger partial charge in [-0.05, 0) is 6.92 Å². The molecule has 1 N–H and O–H groups in total. The molecule has 0 fully saturated rings. The summed E-state index contributed by atoms with van der Waals surface area (Å²) in [5, 5.41) is 3.76. The van der Waals surface area contributed by atoms with Gasteiger partial charge in [0.2, 0.25) is 6.41 Å². The first-order valence-corrected chi connectivity index (χ1v) is 3.86. The van der Waals surface area contributed by atoms with E-state index in [1.54, 1.807) is 6.92 Å². The van der Waals surface area contributed by atoms with Crippen LogP contribution in [-0.2, 0) is 4.79 Å². The maximum atomic E-state index is 11.3. The van der Waals surface area contributed by atoms with E-state index in [1.807, 2.05) is 0 Å². The molecule has 2 rings (SSSR count). The number of aromatic nitrogens is 4. The number of hydrogen-bond donors (Lipinski definition) is 1. The van der Waals surface area contributed by atoms with Crippen molar-refractivity contribution in [1.82, 2.24) is 19.3 Å². The molecule has 0 unspecified atom stereocenters. The van der Waals surface area contributed by atoms with Gasteiger partial charge in [0, 0.05) is 11.8 Å². The average Bonchev–Trinajstić information content (AvgIpc) is 2.49. The fourth-order valence-electron chi connectivity index (χ4n) is 1.14. The molecular weight excluding hydrogens is 186 g/mol. The molecule has 0 radical (unpaired) electrons. The highest BCUT2D eigenvalue weighted by Gasteiger charge is 2.05. The molecule has 0 aliphatic heterocycles. The summed E-state index contributed by atoms with van der Waals surface area (Å²) in [6, 6.07) is 1.37. The molecule has 2 aromatic heterocycles. The Morgan fingerprint density at radius 1 is 1.57 bits per heavy atom. The number of rotatable bonds is 2. The van der Waals surface area contributed by atoms with E-state index in [0.29, 0.717) is 12.1 Å². The van der Waals surface area contributed by atoms with E-state index < -0.39 is 0 Å². The van der Waals surface area contributed by atoms with E-state index in [0.717, 1.165) is 4.52 Å². The van der Waals surface area contributed by atoms with Crippen molar-refractivity contribution in [2.24, 2.45) is 0 Å². The molecule has 0 aliphatic carbocycles. The number of carbonyl (C=O) groups is 1. The normalized spacial score (nSPS) is 10.4. The Kier molecular flexibility index (Phi) is 1.77. The summed E-state index contributed by atoms with van der Waals surface area (Å²) in [6.07, 6.45) is 1.79. The maximum absolute atomic E-state index is 11.3. The molecule has 72 valence electrons. The highest BCUT2D eigenvalue weighted by Crippen LogP contribution is 1.94. The second-order valence-electron chi connectivity index (χ2n) is 2.70. The van der Waals surface area contributed by atoms with Gasteiger partial charge in [0.05, 0.1) is 0 Å². The molecule has 0 aromatic carbocycles. The fourth-order valence-corrected chi connectivity index (χ4v) is 1.14. The topological polar surface area (TPSA) is 81.3 Å². The van der Waals surface area contributed by atoms with Crippen LogP contribution in [0.3, 0.4) is 0 Å². The van der Waals surface area contributed by atoms with Crippen molar-refractivity contribution in [3.63, 3.8) is 0 Å². The monoisotopic (exact) mass is 193 g/mol. The molecule has 0 atom stereocenters. The number of carbonyl (C=O) groups excluding carboxylic acids is 1. The van der Waals surface area contributed by atoms with E-state index in [9.17, 15) is 9.59 Å². The molecule has 0 aliphatic rings. The van der Waals surface area contributed by atoms with E-state index >= 15 is 0 Å². The zero-order valence-electron chi connectivity index (χ0n) is 7.34. The number of fused-ring (bicyclic) bond motifs is 1. The van der Waals surface area contributed by atoms with Crippen molar-refractivity contribution >= 4 is 12.2 Å². The van der Waals surface area contributed by atoms with E-state index in [-0.39, 0.29) is 11.3 Å². The zero-order valence-corrected chi connectivity index (χ0v) is 7.34. The number of aryl methyl sites for hydroxylation is 1. The second kappa shape index (κ2) is 2.95. The fraction of sp³-hybridized carbons (Fsp3) is 0.143. The van der Waals surface area contributed by atoms with Gasteiger partial charge in [0.25, 0.3) is 11.3 Å². The van der Waals surface area contributed by atoms with Crippen LogP contribution in [0, 0.1) is 6.92 Å². The lowest BCUT2D eigenvalue weighted by Crippen LogP contribution is -2.18. The quantitative estimate of drug-likeness (QED) is 0.614. The zero-order chi connectivity index (χ0) is 10.1. The van der Waals surface area contributed by atoms with Crippen LogP contribution in [0.4, 0.5) is 0 Å². The van der Waals surface area contributed by atoms with E-state index in [2.05, 4.69) is 15.5 Å². The number of nitrogens with one attached hydrogen (secondary N) is 1. The predicted molar refractivity (Wildman–Crippen MR) is 47.4 cm³/mol. The molecule has 7 heteroatoms. The largest absolute Gasteiger partial charge is 0.277 e. The molecule has 0 saturated heterocycles. The second-order valence-corrected chi connectivity index (χ2v) is 2.70. The summed E-state index contributed by atoms with van der Waals surface area (Å²) in [5.41, 5.74) is 2.63. The van der Waals surface area contributed by atoms with Crippen LogP contribution in [0.5, 0.6) is 0 Å². The van der Waals surface area contributed by atoms with Crippen molar-refractivity contribution in [1.29, 1.82) is 0 Å². The van der Waals surface area contributed by atoms with Crippen molar-refractivity contribution < 1.29 is 4.79 Å². The van der Waals surface area contributed by atoms with Gasteiger partial charge in [0.15, 0.2) is 0 Å². The van der Waals surface area contributed by atoms with E-state index in [4.69, 9.17) is 0 Å². The Morgan fingerprint density at radius 3 is 3.07 bits per heavy atom. The molecular formula is C7H7N5O2. The maximum Gasteiger partial charge on any atom is 0.275 e. The van der Waals surface area contributed by atoms with Gasteiger partial charge in [-0.1, -0.05) is 0 Å². The van der Waals surface area contributed by atoms with Gasteiger partial charge >= 0.3 is 0 Å². The molecule has 1 amide bonds. The summed E-state index contributed by atoms with van der Waals surface area (Å²) in [5.74, 6) is 0.280. The molecule has 7 nitrogen and oxygen atoms in total. The van der Waals surface area contributed by atoms with Crippen LogP contribution < -0.4 is 11.0 Å². The first kappa shape index (κ1) is 8.42. The first-order valence-electron chi connectivity index (χ1n) is 3.86. The van der Waals surface area contributed by atoms with E-state index in [1.165, 1.54) is 17.1 Å². The Hall–Kier alpha value is -2.18. The highest BCUT2D eigenvalue weighted by atomic mass is 16.1. The van der Waals surface area contributed by atoms with Crippen molar-refractivity contribution in [2.75, 3.05) is 5.43 Å². The third kappa shape index (κ3) is 1.15. The van der Waals surface area contributed by atoms with Gasteiger partial charge in [0.1, 0.15) is 6.33 Å². The third-order valence-electron chi connectivity index (χ3n) is 1.70. The number of amides is 1. The summed E-state index contributed by atoms with van der Waals surface area (Å²) in [6.45, 7) is 1.69. The van der Waals surface area contributed by atoms with Gasteiger partial charge in [-0.15, -0.1) is 0 Å². The Bertz CT molecular complexity index is 540. The average molecular weight is 193 g/mol. The van der Waals surface area contributed by atoms with Gasteiger partial charge in [-0.2, -0.15) is 9.61 Å². The Balaban J connectivity index is 2.78. The Morgan fingerprint density at radius 2 is 2.36 bits per heavy atom. The SMILES string of the molecule is Cc1cc(=O)n2ncn(NC=O)c2n1. The van der Waals surface area contributed by atoms with Crippen LogP contribution in [-0.4, -0.2) is 25.7 Å². The molecule has 2 aromatic rings. The number of nitrogens with zero attached hydrogens (tertiary/aromatic N) is 4. The van der Waals surface area contributed by atoms with Crippen LogP contribution >= 0.6 is 0 Å². The van der Waals surface area contributed by atoms with Crippen LogP contribution in [0.25, 0.3) is 5.78 Å². The molecule has 0 bridgehead atoms. The summed E-state index contributed by atoms with van der Waals surface area (Å²) < 4.78 is 2.37. The van der Waals surface area contributed by atoms with Crippen LogP contribution in [0.2, 0.25) is 0 Å². The van der Waals surface area contributed by atoms with Gasteiger partial charge < -0.3 is 0 Å². The minimum atomic E-state index is -0.279. The summed E-state index contributed by atoms with van der Waals surface area (Å²) >= 11 is 0. The minimum Gasteiger partial charge on any atom is -0.277 e. The lowest BCUT2D eigenvalue weighted by molar-refractivity contribution is -0.106.